The Hall–Kier alpha value is -2.38. The van der Waals surface area contributed by atoms with E-state index >= 15 is 0 Å². The van der Waals surface area contributed by atoms with E-state index in [4.69, 9.17) is 21.1 Å². The number of hydrogen-bond acceptors (Lipinski definition) is 6. The van der Waals surface area contributed by atoms with E-state index < -0.39 is 11.5 Å². The van der Waals surface area contributed by atoms with Crippen molar-refractivity contribution in [2.45, 2.75) is 25.9 Å². The Morgan fingerprint density at radius 1 is 1.26 bits per heavy atom. The van der Waals surface area contributed by atoms with Crippen LogP contribution >= 0.6 is 11.6 Å². The molecule has 1 aliphatic rings. The first-order valence-corrected chi connectivity index (χ1v) is 9.26. The number of halogens is 1. The molecule has 0 aliphatic carbocycles. The predicted molar refractivity (Wildman–Crippen MR) is 103 cm³/mol. The lowest BCUT2D eigenvalue weighted by Crippen LogP contribution is -2.38. The fraction of sp³-hybridized carbons (Fsp3) is 0.421. The number of methoxy groups -OCH3 is 1. The number of carbonyl (C=O) groups is 1. The smallest absolute Gasteiger partial charge is 0.340 e. The van der Waals surface area contributed by atoms with Crippen LogP contribution in [0.25, 0.3) is 5.69 Å². The van der Waals surface area contributed by atoms with Gasteiger partial charge in [0.2, 0.25) is 0 Å². The molecule has 0 radical (unpaired) electrons. The third-order valence-electron chi connectivity index (χ3n) is 4.62. The lowest BCUT2D eigenvalue weighted by atomic mass is 10.1. The molecule has 1 saturated heterocycles. The molecule has 0 bridgehead atoms. The van der Waals surface area contributed by atoms with Gasteiger partial charge in [-0.1, -0.05) is 23.7 Å². The molecule has 1 aliphatic heterocycles. The van der Waals surface area contributed by atoms with Gasteiger partial charge in [-0.05, 0) is 31.9 Å². The molecule has 144 valence electrons. The second kappa shape index (κ2) is 8.54. The minimum absolute atomic E-state index is 0.0829. The molecule has 0 N–H and O–H groups in total. The average Bonchev–Trinajstić information content (AvgIpc) is 2.70. The summed E-state index contributed by atoms with van der Waals surface area (Å²) in [7, 11) is 1.29. The summed E-state index contributed by atoms with van der Waals surface area (Å²) in [5, 5.41) is 4.34. The molecule has 0 atom stereocenters. The molecular formula is C19H22ClN3O4. The summed E-state index contributed by atoms with van der Waals surface area (Å²) in [6.07, 6.45) is 3.56. The van der Waals surface area contributed by atoms with Crippen LogP contribution in [0.3, 0.4) is 0 Å². The number of aromatic nitrogens is 2. The summed E-state index contributed by atoms with van der Waals surface area (Å²) in [6, 6.07) is 6.62. The Morgan fingerprint density at radius 3 is 2.63 bits per heavy atom. The highest BCUT2D eigenvalue weighted by molar-refractivity contribution is 6.33. The van der Waals surface area contributed by atoms with Crippen molar-refractivity contribution in [2.24, 2.45) is 0 Å². The van der Waals surface area contributed by atoms with E-state index in [1.807, 2.05) is 11.8 Å². The zero-order valence-electron chi connectivity index (χ0n) is 15.4. The van der Waals surface area contributed by atoms with Gasteiger partial charge in [0.25, 0.3) is 5.56 Å². The fourth-order valence-electron chi connectivity index (χ4n) is 3.26. The van der Waals surface area contributed by atoms with Gasteiger partial charge in [0.15, 0.2) is 0 Å². The maximum absolute atomic E-state index is 12.8. The van der Waals surface area contributed by atoms with E-state index in [2.05, 4.69) is 5.10 Å². The zero-order chi connectivity index (χ0) is 19.4. The molecule has 0 saturated carbocycles. The molecule has 0 spiro atoms. The number of carbonyl (C=O) groups excluding carboxylic acids is 1. The molecule has 7 nitrogen and oxygen atoms in total. The van der Waals surface area contributed by atoms with Crippen LogP contribution in [-0.4, -0.2) is 48.7 Å². The van der Waals surface area contributed by atoms with Crippen molar-refractivity contribution in [3.63, 3.8) is 0 Å². The molecule has 27 heavy (non-hydrogen) atoms. The molecule has 0 unspecified atom stereocenters. The Morgan fingerprint density at radius 2 is 1.96 bits per heavy atom. The summed E-state index contributed by atoms with van der Waals surface area (Å²) in [6.45, 7) is 4.17. The van der Waals surface area contributed by atoms with E-state index in [9.17, 15) is 9.59 Å². The number of benzene rings is 1. The van der Waals surface area contributed by atoms with Crippen molar-refractivity contribution < 1.29 is 14.3 Å². The Bertz CT molecular complexity index is 875. The number of hydrogen-bond donors (Lipinski definition) is 0. The number of nitrogens with zero attached hydrogens (tertiary/aromatic N) is 3. The van der Waals surface area contributed by atoms with Gasteiger partial charge in [-0.25, -0.2) is 4.79 Å². The second-order valence-electron chi connectivity index (χ2n) is 6.21. The summed E-state index contributed by atoms with van der Waals surface area (Å²) < 4.78 is 11.6. The lowest BCUT2D eigenvalue weighted by Gasteiger charge is -2.33. The van der Waals surface area contributed by atoms with Crippen LogP contribution < -0.4 is 10.5 Å². The number of para-hydroxylation sites is 1. The van der Waals surface area contributed by atoms with E-state index in [0.717, 1.165) is 30.6 Å². The first-order chi connectivity index (χ1) is 13.1. The van der Waals surface area contributed by atoms with Crippen molar-refractivity contribution >= 4 is 23.3 Å². The van der Waals surface area contributed by atoms with Crippen LogP contribution in [0, 0.1) is 0 Å². The lowest BCUT2D eigenvalue weighted by molar-refractivity contribution is 0.0459. The molecule has 0 amide bonds. The number of ether oxygens (including phenoxy) is 2. The third kappa shape index (κ3) is 3.99. The van der Waals surface area contributed by atoms with Crippen molar-refractivity contribution in [3.8, 4) is 5.69 Å². The molecule has 1 fully saturated rings. The zero-order valence-corrected chi connectivity index (χ0v) is 16.1. The van der Waals surface area contributed by atoms with Gasteiger partial charge >= 0.3 is 5.97 Å². The van der Waals surface area contributed by atoms with Crippen LogP contribution in [0.1, 0.15) is 30.1 Å². The van der Waals surface area contributed by atoms with Crippen molar-refractivity contribution in [2.75, 3.05) is 31.7 Å². The predicted octanol–water partition coefficient (Wildman–Crippen LogP) is 2.68. The summed E-state index contributed by atoms with van der Waals surface area (Å²) in [4.78, 5) is 26.9. The maximum Gasteiger partial charge on any atom is 0.340 e. The van der Waals surface area contributed by atoms with E-state index in [0.29, 0.717) is 18.0 Å². The normalized spacial score (nSPS) is 15.0. The van der Waals surface area contributed by atoms with E-state index in [-0.39, 0.29) is 16.7 Å². The highest BCUT2D eigenvalue weighted by Crippen LogP contribution is 2.26. The van der Waals surface area contributed by atoms with Crippen LogP contribution in [-0.2, 0) is 9.47 Å². The minimum atomic E-state index is -0.544. The highest BCUT2D eigenvalue weighted by atomic mass is 35.5. The minimum Gasteiger partial charge on any atom is -0.465 e. The Balaban J connectivity index is 1.91. The van der Waals surface area contributed by atoms with Gasteiger partial charge in [0.1, 0.15) is 5.02 Å². The van der Waals surface area contributed by atoms with Gasteiger partial charge < -0.3 is 14.4 Å². The number of anilines is 1. The van der Waals surface area contributed by atoms with Gasteiger partial charge in [0.05, 0.1) is 36.3 Å². The second-order valence-corrected chi connectivity index (χ2v) is 6.59. The summed E-state index contributed by atoms with van der Waals surface area (Å²) in [5.74, 6) is -0.544. The quantitative estimate of drug-likeness (QED) is 0.729. The van der Waals surface area contributed by atoms with Gasteiger partial charge in [-0.3, -0.25) is 4.79 Å². The average molecular weight is 392 g/mol. The molecule has 3 rings (SSSR count). The third-order valence-corrected chi connectivity index (χ3v) is 4.98. The summed E-state index contributed by atoms with van der Waals surface area (Å²) in [5.41, 5.74) is 0.703. The standard InChI is InChI=1S/C19H22ClN3O4/c1-3-27-13-8-10-22(11-9-13)16-12-21-23(18(24)17(16)20)15-7-5-4-6-14(15)19(25)26-2/h4-7,12-13H,3,8-11H2,1-2H3. The monoisotopic (exact) mass is 391 g/mol. The van der Waals surface area contributed by atoms with E-state index in [1.165, 1.54) is 7.11 Å². The number of piperidine rings is 1. The van der Waals surface area contributed by atoms with Gasteiger partial charge in [0, 0.05) is 19.7 Å². The molecular weight excluding hydrogens is 370 g/mol. The van der Waals surface area contributed by atoms with Gasteiger partial charge in [-0.15, -0.1) is 0 Å². The first kappa shape index (κ1) is 19.4. The number of rotatable bonds is 5. The number of esters is 1. The topological polar surface area (TPSA) is 73.7 Å². The van der Waals surface area contributed by atoms with Crippen molar-refractivity contribution in [3.05, 3.63) is 51.4 Å². The SMILES string of the molecule is CCOC1CCN(c2cnn(-c3ccccc3C(=O)OC)c(=O)c2Cl)CC1. The molecule has 1 aromatic heterocycles. The van der Waals surface area contributed by atoms with Crippen LogP contribution in [0.2, 0.25) is 5.02 Å². The van der Waals surface area contributed by atoms with E-state index in [1.54, 1.807) is 30.5 Å². The van der Waals surface area contributed by atoms with Crippen molar-refractivity contribution in [1.29, 1.82) is 0 Å². The van der Waals surface area contributed by atoms with Crippen molar-refractivity contribution in [1.82, 2.24) is 9.78 Å². The van der Waals surface area contributed by atoms with Crippen LogP contribution in [0.15, 0.2) is 35.3 Å². The molecule has 2 heterocycles. The van der Waals surface area contributed by atoms with Gasteiger partial charge in [-0.2, -0.15) is 9.78 Å². The molecule has 1 aromatic carbocycles. The molecule has 8 heteroatoms. The van der Waals surface area contributed by atoms with Crippen LogP contribution in [0.4, 0.5) is 5.69 Å². The largest absolute Gasteiger partial charge is 0.465 e. The fourth-order valence-corrected chi connectivity index (χ4v) is 3.50. The maximum atomic E-state index is 12.8. The molecule has 2 aromatic rings. The first-order valence-electron chi connectivity index (χ1n) is 8.89. The Labute approximate surface area is 162 Å². The van der Waals surface area contributed by atoms with Crippen LogP contribution in [0.5, 0.6) is 0 Å². The summed E-state index contributed by atoms with van der Waals surface area (Å²) >= 11 is 6.38. The Kier molecular flexibility index (Phi) is 6.13. The highest BCUT2D eigenvalue weighted by Gasteiger charge is 2.24.